The normalized spacial score (nSPS) is 27.2. The van der Waals surface area contributed by atoms with E-state index < -0.39 is 0 Å². The van der Waals surface area contributed by atoms with Gasteiger partial charge >= 0.3 is 0 Å². The van der Waals surface area contributed by atoms with Gasteiger partial charge in [-0.3, -0.25) is 4.79 Å². The van der Waals surface area contributed by atoms with E-state index in [0.29, 0.717) is 17.4 Å². The predicted molar refractivity (Wildman–Crippen MR) is 85.1 cm³/mol. The van der Waals surface area contributed by atoms with Crippen LogP contribution in [0.15, 0.2) is 18.2 Å². The summed E-state index contributed by atoms with van der Waals surface area (Å²) < 4.78 is 5.30. The molecule has 3 atom stereocenters. The molecule has 21 heavy (non-hydrogen) atoms. The van der Waals surface area contributed by atoms with Crippen LogP contribution in [-0.4, -0.2) is 37.0 Å². The number of nitrogens with zero attached hydrogens (tertiary/aromatic N) is 1. The highest BCUT2D eigenvalue weighted by atomic mass is 35.5. The Labute approximate surface area is 132 Å². The largest absolute Gasteiger partial charge is 0.496 e. The lowest BCUT2D eigenvalue weighted by Gasteiger charge is -2.19. The second-order valence-corrected chi connectivity index (χ2v) is 6.06. The molecule has 2 N–H and O–H groups in total. The Balaban J connectivity index is 0.00000161. The first-order valence-electron chi connectivity index (χ1n) is 7.29. The van der Waals surface area contributed by atoms with Gasteiger partial charge in [0.15, 0.2) is 0 Å². The molecule has 1 saturated heterocycles. The van der Waals surface area contributed by atoms with Crippen molar-refractivity contribution in [3.8, 4) is 5.75 Å². The molecule has 1 heterocycles. The molecule has 5 heteroatoms. The van der Waals surface area contributed by atoms with Crippen LogP contribution in [0.1, 0.15) is 28.8 Å². The number of ether oxygens (including phenoxy) is 1. The Hall–Kier alpha value is -1.26. The number of methoxy groups -OCH3 is 1. The fourth-order valence-corrected chi connectivity index (χ4v) is 3.61. The van der Waals surface area contributed by atoms with Crippen molar-refractivity contribution >= 4 is 18.3 Å². The maximum Gasteiger partial charge on any atom is 0.254 e. The lowest BCUT2D eigenvalue weighted by molar-refractivity contribution is 0.0779. The maximum atomic E-state index is 12.6. The van der Waals surface area contributed by atoms with Gasteiger partial charge in [-0.15, -0.1) is 12.4 Å². The molecule has 3 unspecified atom stereocenters. The summed E-state index contributed by atoms with van der Waals surface area (Å²) in [4.78, 5) is 14.6. The van der Waals surface area contributed by atoms with Crippen LogP contribution in [0.25, 0.3) is 0 Å². The third kappa shape index (κ3) is 2.87. The van der Waals surface area contributed by atoms with E-state index in [1.54, 1.807) is 7.11 Å². The lowest BCUT2D eigenvalue weighted by Crippen LogP contribution is -2.33. The van der Waals surface area contributed by atoms with Crippen LogP contribution in [0.2, 0.25) is 0 Å². The van der Waals surface area contributed by atoms with Crippen molar-refractivity contribution < 1.29 is 9.53 Å². The molecule has 116 valence electrons. The Kier molecular flexibility index (Phi) is 4.79. The van der Waals surface area contributed by atoms with Crippen molar-refractivity contribution in [1.29, 1.82) is 0 Å². The lowest BCUT2D eigenvalue weighted by atomic mass is 9.98. The van der Waals surface area contributed by atoms with Crippen LogP contribution < -0.4 is 10.5 Å². The molecule has 0 radical (unpaired) electrons. The maximum absolute atomic E-state index is 12.6. The summed E-state index contributed by atoms with van der Waals surface area (Å²) in [6.07, 6.45) is 2.27. The topological polar surface area (TPSA) is 55.6 Å². The van der Waals surface area contributed by atoms with E-state index in [-0.39, 0.29) is 24.4 Å². The Morgan fingerprint density at radius 3 is 2.76 bits per heavy atom. The predicted octanol–water partition coefficient (Wildman–Crippen LogP) is 2.23. The minimum absolute atomic E-state index is 0. The summed E-state index contributed by atoms with van der Waals surface area (Å²) in [5, 5.41) is 0. The minimum Gasteiger partial charge on any atom is -0.496 e. The molecule has 2 fully saturated rings. The fourth-order valence-electron chi connectivity index (χ4n) is 3.61. The van der Waals surface area contributed by atoms with Crippen molar-refractivity contribution in [2.24, 2.45) is 17.6 Å². The highest BCUT2D eigenvalue weighted by Gasteiger charge is 2.42. The van der Waals surface area contributed by atoms with Crippen LogP contribution in [0.5, 0.6) is 5.75 Å². The number of halogens is 1. The number of fused-ring (bicyclic) bond motifs is 1. The van der Waals surface area contributed by atoms with E-state index >= 15 is 0 Å². The molecule has 1 saturated carbocycles. The molecular formula is C16H23ClN2O2. The van der Waals surface area contributed by atoms with Gasteiger partial charge in [0.1, 0.15) is 5.75 Å². The highest BCUT2D eigenvalue weighted by molar-refractivity contribution is 5.95. The number of nitrogens with two attached hydrogens (primary N) is 1. The van der Waals surface area contributed by atoms with Gasteiger partial charge in [0.05, 0.1) is 7.11 Å². The molecule has 0 aromatic heterocycles. The van der Waals surface area contributed by atoms with Gasteiger partial charge in [0.25, 0.3) is 5.91 Å². The first kappa shape index (κ1) is 16.1. The number of benzene rings is 1. The first-order chi connectivity index (χ1) is 9.60. The number of likely N-dealkylation sites (tertiary alicyclic amines) is 1. The average molecular weight is 311 g/mol. The van der Waals surface area contributed by atoms with Gasteiger partial charge in [-0.05, 0) is 49.3 Å². The van der Waals surface area contributed by atoms with Crippen LogP contribution in [0.4, 0.5) is 0 Å². The summed E-state index contributed by atoms with van der Waals surface area (Å²) >= 11 is 0. The summed E-state index contributed by atoms with van der Waals surface area (Å²) in [5.41, 5.74) is 7.88. The monoisotopic (exact) mass is 310 g/mol. The van der Waals surface area contributed by atoms with Crippen LogP contribution >= 0.6 is 12.4 Å². The Morgan fingerprint density at radius 2 is 2.10 bits per heavy atom. The smallest absolute Gasteiger partial charge is 0.254 e. The van der Waals surface area contributed by atoms with E-state index in [0.717, 1.165) is 37.2 Å². The molecule has 1 aliphatic carbocycles. The van der Waals surface area contributed by atoms with Crippen LogP contribution in [0, 0.1) is 18.8 Å². The molecule has 2 aliphatic rings. The number of amides is 1. The van der Waals surface area contributed by atoms with Crippen LogP contribution in [0.3, 0.4) is 0 Å². The summed E-state index contributed by atoms with van der Waals surface area (Å²) in [5.74, 6) is 1.96. The number of hydrogen-bond acceptors (Lipinski definition) is 3. The van der Waals surface area contributed by atoms with E-state index in [1.165, 1.54) is 0 Å². The van der Waals surface area contributed by atoms with Crippen molar-refractivity contribution in [3.63, 3.8) is 0 Å². The van der Waals surface area contributed by atoms with Gasteiger partial charge in [0, 0.05) is 24.7 Å². The van der Waals surface area contributed by atoms with Gasteiger partial charge in [-0.25, -0.2) is 0 Å². The van der Waals surface area contributed by atoms with Gasteiger partial charge in [-0.1, -0.05) is 6.07 Å². The standard InChI is InChI=1S/C16H22N2O2.ClH/c1-10-3-4-11(7-15(10)20-2)16(19)18-8-12-5-6-14(17)13(12)9-18;/h3-4,7,12-14H,5-6,8-9,17H2,1-2H3;1H. The molecule has 0 bridgehead atoms. The average Bonchev–Trinajstić information content (AvgIpc) is 3.01. The van der Waals surface area contributed by atoms with E-state index in [2.05, 4.69) is 0 Å². The number of aryl methyl sites for hydroxylation is 1. The Bertz CT molecular complexity index is 535. The summed E-state index contributed by atoms with van der Waals surface area (Å²) in [7, 11) is 1.63. The van der Waals surface area contributed by atoms with E-state index in [4.69, 9.17) is 10.5 Å². The third-order valence-electron chi connectivity index (χ3n) is 4.85. The zero-order valence-corrected chi connectivity index (χ0v) is 13.4. The first-order valence-corrected chi connectivity index (χ1v) is 7.29. The van der Waals surface area contributed by atoms with Crippen molar-refractivity contribution in [3.05, 3.63) is 29.3 Å². The minimum atomic E-state index is 0. The molecule has 1 aliphatic heterocycles. The van der Waals surface area contributed by atoms with Gasteiger partial charge < -0.3 is 15.4 Å². The Morgan fingerprint density at radius 1 is 1.33 bits per heavy atom. The quantitative estimate of drug-likeness (QED) is 0.911. The number of hydrogen-bond donors (Lipinski definition) is 1. The third-order valence-corrected chi connectivity index (χ3v) is 4.85. The van der Waals surface area contributed by atoms with Crippen molar-refractivity contribution in [2.45, 2.75) is 25.8 Å². The van der Waals surface area contributed by atoms with Crippen molar-refractivity contribution in [2.75, 3.05) is 20.2 Å². The molecule has 1 amide bonds. The summed E-state index contributed by atoms with van der Waals surface area (Å²) in [6.45, 7) is 3.64. The molecule has 1 aromatic rings. The molecule has 0 spiro atoms. The number of carbonyl (C=O) groups excluding carboxylic acids is 1. The summed E-state index contributed by atoms with van der Waals surface area (Å²) in [6, 6.07) is 5.93. The van der Waals surface area contributed by atoms with E-state index in [9.17, 15) is 4.79 Å². The SMILES string of the molecule is COc1cc(C(=O)N2CC3CCC(N)C3C2)ccc1C.Cl. The number of carbonyl (C=O) groups is 1. The zero-order valence-electron chi connectivity index (χ0n) is 12.5. The fraction of sp³-hybridized carbons (Fsp3) is 0.562. The van der Waals surface area contributed by atoms with Crippen molar-refractivity contribution in [1.82, 2.24) is 4.90 Å². The van der Waals surface area contributed by atoms with Gasteiger partial charge in [-0.2, -0.15) is 0 Å². The van der Waals surface area contributed by atoms with Gasteiger partial charge in [0.2, 0.25) is 0 Å². The molecular weight excluding hydrogens is 288 g/mol. The van der Waals surface area contributed by atoms with E-state index in [1.807, 2.05) is 30.0 Å². The highest BCUT2D eigenvalue weighted by Crippen LogP contribution is 2.37. The molecule has 1 aromatic carbocycles. The second-order valence-electron chi connectivity index (χ2n) is 6.06. The molecule has 3 rings (SSSR count). The second kappa shape index (κ2) is 6.24. The zero-order chi connectivity index (χ0) is 14.3. The number of rotatable bonds is 2. The molecule has 4 nitrogen and oxygen atoms in total. The van der Waals surface area contributed by atoms with Crippen LogP contribution in [-0.2, 0) is 0 Å².